The maximum atomic E-state index is 3.81. The Morgan fingerprint density at radius 1 is 0.789 bits per heavy atom. The third kappa shape index (κ3) is 11.8. The summed E-state index contributed by atoms with van der Waals surface area (Å²) in [5.41, 5.74) is 7.82. The zero-order valence-corrected chi connectivity index (χ0v) is 29.5. The Labute approximate surface area is 261 Å². The molecule has 206 valence electrons. The first-order chi connectivity index (χ1) is 17.5. The minimum absolute atomic E-state index is 0. The van der Waals surface area contributed by atoms with Crippen molar-refractivity contribution in [3.63, 3.8) is 0 Å². The van der Waals surface area contributed by atoms with E-state index in [-0.39, 0.29) is 30.2 Å². The van der Waals surface area contributed by atoms with Gasteiger partial charge in [0.2, 0.25) is 0 Å². The van der Waals surface area contributed by atoms with Crippen molar-refractivity contribution in [3.8, 4) is 11.1 Å². The van der Waals surface area contributed by atoms with E-state index in [1.165, 1.54) is 73.3 Å². The predicted octanol–water partition coefficient (Wildman–Crippen LogP) is 11.7. The molecule has 4 rings (SSSR count). The molecule has 1 unspecified atom stereocenters. The molecule has 1 aliphatic carbocycles. The van der Waals surface area contributed by atoms with Crippen LogP contribution in [-0.2, 0) is 23.3 Å². The number of rotatable bonds is 9. The van der Waals surface area contributed by atoms with Gasteiger partial charge in [-0.25, -0.2) is 5.57 Å². The quantitative estimate of drug-likeness (QED) is 0.160. The zero-order chi connectivity index (χ0) is 26.3. The van der Waals surface area contributed by atoms with Crippen molar-refractivity contribution < 1.29 is 23.3 Å². The second kappa shape index (κ2) is 21.0. The Morgan fingerprint density at radius 2 is 1.37 bits per heavy atom. The van der Waals surface area contributed by atoms with Crippen LogP contribution in [0.4, 0.5) is 0 Å². The molecule has 0 saturated carbocycles. The van der Waals surface area contributed by atoms with Gasteiger partial charge in [-0.05, 0) is 6.42 Å². The van der Waals surface area contributed by atoms with E-state index in [4.69, 9.17) is 0 Å². The fourth-order valence-corrected chi connectivity index (χ4v) is 4.97. The van der Waals surface area contributed by atoms with Crippen molar-refractivity contribution in [2.75, 3.05) is 0 Å². The fraction of sp³-hybridized carbons (Fsp3) is 0.441. The predicted molar refractivity (Wildman–Crippen MR) is 174 cm³/mol. The molecule has 3 aromatic rings. The summed E-state index contributed by atoms with van der Waals surface area (Å²) >= 11 is 1.74. The zero-order valence-electron chi connectivity index (χ0n) is 24.4. The largest absolute Gasteiger partial charge is 0.150 e. The first-order valence-corrected chi connectivity index (χ1v) is 20.2. The Hall–Kier alpha value is -0.790. The Bertz CT molecular complexity index is 1120. The third-order valence-corrected chi connectivity index (χ3v) is 6.38. The topological polar surface area (TPSA) is 0 Å². The van der Waals surface area contributed by atoms with Gasteiger partial charge in [-0.1, -0.05) is 121 Å². The van der Waals surface area contributed by atoms with Crippen molar-refractivity contribution in [1.82, 2.24) is 0 Å². The van der Waals surface area contributed by atoms with Crippen LogP contribution < -0.4 is 0 Å². The van der Waals surface area contributed by atoms with Crippen LogP contribution in [0.3, 0.4) is 0 Å². The molecule has 0 heterocycles. The molecule has 0 amide bonds. The maximum Gasteiger partial charge on any atom is -0.0623 e. The summed E-state index contributed by atoms with van der Waals surface area (Å²) in [6, 6.07) is 23.4. The molecule has 1 aliphatic rings. The third-order valence-electron chi connectivity index (χ3n) is 6.38. The molecule has 0 fully saturated rings. The van der Waals surface area contributed by atoms with Crippen molar-refractivity contribution in [2.45, 2.75) is 92.2 Å². The van der Waals surface area contributed by atoms with E-state index < -0.39 is 0 Å². The van der Waals surface area contributed by atoms with Gasteiger partial charge in [-0.2, -0.15) is 11.1 Å². The maximum absolute atomic E-state index is 3.81. The number of hydrogen-bond donors (Lipinski definition) is 0. The molecular formula is C34H48Cl2SiZr. The van der Waals surface area contributed by atoms with E-state index in [0.717, 1.165) is 0 Å². The van der Waals surface area contributed by atoms with E-state index in [0.29, 0.717) is 5.92 Å². The van der Waals surface area contributed by atoms with Crippen LogP contribution in [0, 0.1) is 12.0 Å². The van der Waals surface area contributed by atoms with Crippen LogP contribution in [0.15, 0.2) is 83.4 Å². The minimum Gasteiger partial charge on any atom is -0.150 e. The van der Waals surface area contributed by atoms with Crippen molar-refractivity contribution in [2.24, 2.45) is 5.92 Å². The summed E-state index contributed by atoms with van der Waals surface area (Å²) in [7, 11) is 0. The SMILES string of the molecule is CCCC1=[C-]C(CCC)C(CCC)=C1CCC.C[Si](C)=[Zr+2].Cl.Cl.c1ccc(-c2c[cH-]c3ccccc23)cc1. The summed E-state index contributed by atoms with van der Waals surface area (Å²) in [5.74, 6) is 0.656. The van der Waals surface area contributed by atoms with Crippen LogP contribution in [0.5, 0.6) is 0 Å². The number of benzene rings is 2. The van der Waals surface area contributed by atoms with Gasteiger partial charge in [-0.3, -0.25) is 6.08 Å². The van der Waals surface area contributed by atoms with Crippen molar-refractivity contribution in [3.05, 3.63) is 89.5 Å². The smallest absolute Gasteiger partial charge is 0.0623 e. The van der Waals surface area contributed by atoms with Gasteiger partial charge < -0.3 is 0 Å². The Morgan fingerprint density at radius 3 is 1.95 bits per heavy atom. The molecule has 3 aromatic carbocycles. The van der Waals surface area contributed by atoms with E-state index in [2.05, 4.69) is 114 Å². The van der Waals surface area contributed by atoms with Gasteiger partial charge in [0.1, 0.15) is 0 Å². The van der Waals surface area contributed by atoms with Gasteiger partial charge in [0.25, 0.3) is 0 Å². The summed E-state index contributed by atoms with van der Waals surface area (Å²) in [6.07, 6.45) is 14.0. The van der Waals surface area contributed by atoms with E-state index in [1.54, 1.807) is 40.1 Å². The fourth-order valence-electron chi connectivity index (χ4n) is 4.97. The normalized spacial score (nSPS) is 13.9. The molecule has 0 radical (unpaired) electrons. The number of fused-ring (bicyclic) bond motifs is 1. The summed E-state index contributed by atoms with van der Waals surface area (Å²) in [4.78, 5) is 0. The first kappa shape index (κ1) is 37.2. The van der Waals surface area contributed by atoms with Crippen molar-refractivity contribution in [1.29, 1.82) is 0 Å². The summed E-state index contributed by atoms with van der Waals surface area (Å²) in [5, 5.41) is 2.65. The monoisotopic (exact) mass is 644 g/mol. The second-order valence-electron chi connectivity index (χ2n) is 9.92. The van der Waals surface area contributed by atoms with Gasteiger partial charge in [-0.15, -0.1) is 71.5 Å². The molecule has 4 heteroatoms. The van der Waals surface area contributed by atoms with Crippen LogP contribution in [-0.4, -0.2) is 5.43 Å². The van der Waals surface area contributed by atoms with Crippen LogP contribution in [0.2, 0.25) is 13.1 Å². The van der Waals surface area contributed by atoms with Gasteiger partial charge >= 0.3 is 41.9 Å². The van der Waals surface area contributed by atoms with Crippen molar-refractivity contribution >= 4 is 41.0 Å². The molecule has 0 spiro atoms. The molecule has 0 N–H and O–H groups in total. The molecule has 0 saturated heterocycles. The Kier molecular flexibility index (Phi) is 20.6. The molecule has 38 heavy (non-hydrogen) atoms. The molecular weight excluding hydrogens is 599 g/mol. The average molecular weight is 647 g/mol. The van der Waals surface area contributed by atoms with Gasteiger partial charge in [0.05, 0.1) is 0 Å². The van der Waals surface area contributed by atoms with Gasteiger partial charge in [0.15, 0.2) is 0 Å². The minimum atomic E-state index is 0. The van der Waals surface area contributed by atoms with Crippen LogP contribution in [0.25, 0.3) is 21.9 Å². The molecule has 0 bridgehead atoms. The average Bonchev–Trinajstić information content (AvgIpc) is 3.43. The molecule has 0 nitrogen and oxygen atoms in total. The number of allylic oxidation sites excluding steroid dienone is 4. The standard InChI is InChI=1S/C17H29.C15H11.C2H6Si.2ClH.Zr/c1-5-9-14-13-15(10-6-2)17(12-8-4)16(14)11-7-3;1-2-6-12(7-3-1)15-11-10-13-8-4-5-9-14(13)15;1-3-2;;;/h14H,5-12H2,1-4H3;1-11H;1-2H3;2*1H;/q2*-1;;;;+2. The number of hydrogen-bond acceptors (Lipinski definition) is 0. The van der Waals surface area contributed by atoms with E-state index in [9.17, 15) is 0 Å². The second-order valence-corrected chi connectivity index (χ2v) is 19.3. The molecule has 0 aliphatic heterocycles. The summed E-state index contributed by atoms with van der Waals surface area (Å²) < 4.78 is 0. The van der Waals surface area contributed by atoms with Crippen LogP contribution >= 0.6 is 24.8 Å². The summed E-state index contributed by atoms with van der Waals surface area (Å²) in [6.45, 7) is 13.8. The Balaban J connectivity index is 0.000000606. The van der Waals surface area contributed by atoms with E-state index in [1.807, 2.05) is 0 Å². The van der Waals surface area contributed by atoms with E-state index >= 15 is 0 Å². The number of halogens is 2. The molecule has 0 aromatic heterocycles. The van der Waals surface area contributed by atoms with Gasteiger partial charge in [0, 0.05) is 0 Å². The first-order valence-electron chi connectivity index (χ1n) is 14.0. The molecule has 1 atom stereocenters. The van der Waals surface area contributed by atoms with Crippen LogP contribution in [0.1, 0.15) is 79.1 Å².